The van der Waals surface area contributed by atoms with Crippen LogP contribution in [0.15, 0.2) is 28.8 Å². The highest BCUT2D eigenvalue weighted by atomic mass is 35.5. The number of carbonyl (C=O) groups is 2. The molecule has 0 atom stereocenters. The number of piperazine rings is 1. The molecule has 32 heavy (non-hydrogen) atoms. The largest absolute Gasteiger partial charge is 0.450 e. The SMILES string of the molecule is CCOC(=O)N1CCN(C(=O)C2CCN(Cc3nc(-c4ccccc4Cl)no3)CC2)CC1. The van der Waals surface area contributed by atoms with E-state index >= 15 is 0 Å². The Morgan fingerprint density at radius 2 is 1.78 bits per heavy atom. The van der Waals surface area contributed by atoms with Gasteiger partial charge in [0.05, 0.1) is 18.2 Å². The van der Waals surface area contributed by atoms with Gasteiger partial charge in [-0.15, -0.1) is 0 Å². The summed E-state index contributed by atoms with van der Waals surface area (Å²) in [7, 11) is 0. The lowest BCUT2D eigenvalue weighted by Gasteiger charge is -2.38. The van der Waals surface area contributed by atoms with Gasteiger partial charge >= 0.3 is 6.09 Å². The monoisotopic (exact) mass is 461 g/mol. The van der Waals surface area contributed by atoms with Crippen molar-refractivity contribution in [3.63, 3.8) is 0 Å². The Morgan fingerprint density at radius 3 is 2.47 bits per heavy atom. The van der Waals surface area contributed by atoms with E-state index in [0.717, 1.165) is 31.5 Å². The van der Waals surface area contributed by atoms with Gasteiger partial charge in [-0.3, -0.25) is 9.69 Å². The van der Waals surface area contributed by atoms with Crippen molar-refractivity contribution in [3.8, 4) is 11.4 Å². The van der Waals surface area contributed by atoms with Crippen LogP contribution in [0.5, 0.6) is 0 Å². The van der Waals surface area contributed by atoms with Crippen molar-refractivity contribution in [1.82, 2.24) is 24.8 Å². The third kappa shape index (κ3) is 5.21. The zero-order valence-corrected chi connectivity index (χ0v) is 19.0. The Balaban J connectivity index is 1.24. The van der Waals surface area contributed by atoms with Crippen LogP contribution in [0, 0.1) is 5.92 Å². The van der Waals surface area contributed by atoms with E-state index in [1.54, 1.807) is 17.9 Å². The average Bonchev–Trinajstić information content (AvgIpc) is 3.28. The van der Waals surface area contributed by atoms with Crippen LogP contribution in [0.1, 0.15) is 25.7 Å². The molecule has 4 rings (SSSR count). The normalized spacial score (nSPS) is 18.1. The van der Waals surface area contributed by atoms with Crippen LogP contribution in [0.4, 0.5) is 4.79 Å². The molecule has 2 saturated heterocycles. The summed E-state index contributed by atoms with van der Waals surface area (Å²) in [6, 6.07) is 7.40. The topological polar surface area (TPSA) is 92.0 Å². The van der Waals surface area contributed by atoms with E-state index in [-0.39, 0.29) is 17.9 Å². The molecular weight excluding hydrogens is 434 g/mol. The van der Waals surface area contributed by atoms with Crippen molar-refractivity contribution in [1.29, 1.82) is 0 Å². The van der Waals surface area contributed by atoms with Gasteiger partial charge in [-0.1, -0.05) is 28.9 Å². The maximum atomic E-state index is 12.9. The number of hydrogen-bond donors (Lipinski definition) is 0. The molecule has 0 radical (unpaired) electrons. The minimum Gasteiger partial charge on any atom is -0.450 e. The highest BCUT2D eigenvalue weighted by molar-refractivity contribution is 6.33. The summed E-state index contributed by atoms with van der Waals surface area (Å²) in [5, 5.41) is 4.64. The zero-order chi connectivity index (χ0) is 22.5. The number of hydrogen-bond acceptors (Lipinski definition) is 7. The lowest BCUT2D eigenvalue weighted by Crippen LogP contribution is -2.53. The van der Waals surface area contributed by atoms with Gasteiger partial charge in [-0.25, -0.2) is 4.79 Å². The fourth-order valence-electron chi connectivity index (χ4n) is 4.18. The first-order valence-corrected chi connectivity index (χ1v) is 11.4. The van der Waals surface area contributed by atoms with E-state index in [0.29, 0.717) is 56.1 Å². The number of rotatable bonds is 5. The predicted molar refractivity (Wildman–Crippen MR) is 118 cm³/mol. The Kier molecular flexibility index (Phi) is 7.26. The number of piperidine rings is 1. The molecule has 10 heteroatoms. The van der Waals surface area contributed by atoms with E-state index in [4.69, 9.17) is 20.9 Å². The molecule has 9 nitrogen and oxygen atoms in total. The average molecular weight is 462 g/mol. The summed E-state index contributed by atoms with van der Waals surface area (Å²) in [5.41, 5.74) is 0.747. The Bertz CT molecular complexity index is 936. The van der Waals surface area contributed by atoms with E-state index < -0.39 is 0 Å². The predicted octanol–water partition coefficient (Wildman–Crippen LogP) is 2.90. The summed E-state index contributed by atoms with van der Waals surface area (Å²) in [5.74, 6) is 1.23. The second-order valence-corrected chi connectivity index (χ2v) is 8.46. The molecule has 0 spiro atoms. The number of aromatic nitrogens is 2. The first-order chi connectivity index (χ1) is 15.5. The second-order valence-electron chi connectivity index (χ2n) is 8.05. The minimum absolute atomic E-state index is 0.0155. The number of nitrogens with zero attached hydrogens (tertiary/aromatic N) is 5. The summed E-state index contributed by atoms with van der Waals surface area (Å²) >= 11 is 6.21. The molecule has 0 unspecified atom stereocenters. The molecule has 172 valence electrons. The molecule has 2 amide bonds. The standard InChI is InChI=1S/C22H28ClN5O4/c1-2-31-22(30)28-13-11-27(12-14-28)21(29)16-7-9-26(10-8-16)15-19-24-20(25-32-19)17-5-3-4-6-18(17)23/h3-6,16H,2,7-15H2,1H3. The van der Waals surface area contributed by atoms with Crippen LogP contribution >= 0.6 is 11.6 Å². The summed E-state index contributed by atoms with van der Waals surface area (Å²) in [6.07, 6.45) is 1.29. The summed E-state index contributed by atoms with van der Waals surface area (Å²) in [4.78, 5) is 35.0. The number of amides is 2. The van der Waals surface area contributed by atoms with E-state index in [1.807, 2.05) is 23.1 Å². The molecule has 2 aliphatic heterocycles. The number of carbonyl (C=O) groups excluding carboxylic acids is 2. The Labute approximate surface area is 192 Å². The number of benzene rings is 1. The van der Waals surface area contributed by atoms with Gasteiger partial charge in [-0.2, -0.15) is 4.98 Å². The molecule has 0 bridgehead atoms. The van der Waals surface area contributed by atoms with E-state index in [9.17, 15) is 9.59 Å². The number of ether oxygens (including phenoxy) is 1. The van der Waals surface area contributed by atoms with Gasteiger partial charge in [0.15, 0.2) is 0 Å². The third-order valence-corrected chi connectivity index (χ3v) is 6.33. The van der Waals surface area contributed by atoms with Crippen LogP contribution in [-0.4, -0.2) is 82.7 Å². The first kappa shape index (κ1) is 22.5. The molecule has 1 aromatic carbocycles. The number of likely N-dealkylation sites (tertiary alicyclic amines) is 1. The van der Waals surface area contributed by atoms with E-state index in [1.165, 1.54) is 0 Å². The van der Waals surface area contributed by atoms with Gasteiger partial charge in [0.1, 0.15) is 0 Å². The number of halogens is 1. The van der Waals surface area contributed by atoms with Crippen LogP contribution in [0.2, 0.25) is 5.02 Å². The Hall–Kier alpha value is -2.65. The third-order valence-electron chi connectivity index (χ3n) is 6.00. The summed E-state index contributed by atoms with van der Waals surface area (Å²) < 4.78 is 10.5. The summed E-state index contributed by atoms with van der Waals surface area (Å²) in [6.45, 7) is 6.46. The fourth-order valence-corrected chi connectivity index (χ4v) is 4.40. The Morgan fingerprint density at radius 1 is 1.09 bits per heavy atom. The van der Waals surface area contributed by atoms with Crippen molar-refractivity contribution in [2.24, 2.45) is 5.92 Å². The highest BCUT2D eigenvalue weighted by Crippen LogP contribution is 2.26. The highest BCUT2D eigenvalue weighted by Gasteiger charge is 2.32. The maximum Gasteiger partial charge on any atom is 0.409 e. The van der Waals surface area contributed by atoms with Gasteiger partial charge in [0.25, 0.3) is 0 Å². The van der Waals surface area contributed by atoms with Crippen molar-refractivity contribution >= 4 is 23.6 Å². The van der Waals surface area contributed by atoms with Gasteiger partial charge in [0, 0.05) is 37.7 Å². The molecule has 0 aliphatic carbocycles. The second kappa shape index (κ2) is 10.3. The first-order valence-electron chi connectivity index (χ1n) is 11.1. The van der Waals surface area contributed by atoms with Crippen molar-refractivity contribution < 1.29 is 18.8 Å². The zero-order valence-electron chi connectivity index (χ0n) is 18.2. The van der Waals surface area contributed by atoms with Crippen molar-refractivity contribution in [2.75, 3.05) is 45.9 Å². The van der Waals surface area contributed by atoms with Crippen LogP contribution in [0.3, 0.4) is 0 Å². The van der Waals surface area contributed by atoms with Gasteiger partial charge in [-0.05, 0) is 45.0 Å². The van der Waals surface area contributed by atoms with Crippen LogP contribution < -0.4 is 0 Å². The lowest BCUT2D eigenvalue weighted by molar-refractivity contribution is -0.138. The van der Waals surface area contributed by atoms with Crippen LogP contribution in [-0.2, 0) is 16.1 Å². The molecule has 2 aromatic rings. The maximum absolute atomic E-state index is 12.9. The lowest BCUT2D eigenvalue weighted by atomic mass is 9.95. The molecule has 0 saturated carbocycles. The van der Waals surface area contributed by atoms with Crippen molar-refractivity contribution in [2.45, 2.75) is 26.3 Å². The minimum atomic E-state index is -0.299. The molecule has 3 heterocycles. The van der Waals surface area contributed by atoms with Crippen LogP contribution in [0.25, 0.3) is 11.4 Å². The van der Waals surface area contributed by atoms with Gasteiger partial charge in [0.2, 0.25) is 17.6 Å². The molecule has 2 aliphatic rings. The van der Waals surface area contributed by atoms with Gasteiger partial charge < -0.3 is 19.1 Å². The van der Waals surface area contributed by atoms with Crippen molar-refractivity contribution in [3.05, 3.63) is 35.2 Å². The smallest absolute Gasteiger partial charge is 0.409 e. The molecule has 2 fully saturated rings. The van der Waals surface area contributed by atoms with E-state index in [2.05, 4.69) is 15.0 Å². The fraction of sp³-hybridized carbons (Fsp3) is 0.545. The molecular formula is C22H28ClN5O4. The quantitative estimate of drug-likeness (QED) is 0.675. The molecule has 1 aromatic heterocycles. The molecule has 0 N–H and O–H groups in total.